The van der Waals surface area contributed by atoms with Crippen LogP contribution in [0.2, 0.25) is 0 Å². The first-order valence-corrected chi connectivity index (χ1v) is 6.14. The second-order valence-electron chi connectivity index (χ2n) is 5.46. The van der Waals surface area contributed by atoms with Crippen LogP contribution in [-0.2, 0) is 19.1 Å². The van der Waals surface area contributed by atoms with Crippen LogP contribution in [0.5, 0.6) is 0 Å². The molecule has 0 saturated carbocycles. The quantitative estimate of drug-likeness (QED) is 0.699. The molecule has 1 atom stereocenters. The van der Waals surface area contributed by atoms with Crippen molar-refractivity contribution < 1.29 is 19.1 Å². The topological polar surface area (TPSA) is 64.6 Å². The van der Waals surface area contributed by atoms with Gasteiger partial charge in [-0.2, -0.15) is 0 Å². The highest BCUT2D eigenvalue weighted by Crippen LogP contribution is 2.16. The summed E-state index contributed by atoms with van der Waals surface area (Å²) in [6.45, 7) is 7.98. The lowest BCUT2D eigenvalue weighted by molar-refractivity contribution is -0.151. The van der Waals surface area contributed by atoms with Crippen LogP contribution in [0.15, 0.2) is 0 Å². The molecule has 0 rings (SSSR count). The third kappa shape index (κ3) is 5.49. The van der Waals surface area contributed by atoms with Gasteiger partial charge < -0.3 is 14.8 Å². The van der Waals surface area contributed by atoms with E-state index in [1.54, 1.807) is 13.8 Å². The smallest absolute Gasteiger partial charge is 0.322 e. The lowest BCUT2D eigenvalue weighted by Crippen LogP contribution is -2.45. The fourth-order valence-corrected chi connectivity index (χ4v) is 1.60. The van der Waals surface area contributed by atoms with Crippen molar-refractivity contribution in [2.24, 2.45) is 11.3 Å². The van der Waals surface area contributed by atoms with E-state index < -0.39 is 5.41 Å². The molecule has 5 nitrogen and oxygen atoms in total. The molecule has 18 heavy (non-hydrogen) atoms. The van der Waals surface area contributed by atoms with Crippen molar-refractivity contribution in [3.63, 3.8) is 0 Å². The van der Waals surface area contributed by atoms with Crippen LogP contribution in [0.3, 0.4) is 0 Å². The Morgan fingerprint density at radius 3 is 2.11 bits per heavy atom. The second-order valence-corrected chi connectivity index (χ2v) is 5.46. The van der Waals surface area contributed by atoms with Gasteiger partial charge in [0.1, 0.15) is 6.04 Å². The molecule has 0 saturated heterocycles. The lowest BCUT2D eigenvalue weighted by Gasteiger charge is -2.25. The Labute approximate surface area is 109 Å². The molecule has 5 heteroatoms. The first-order chi connectivity index (χ1) is 8.24. The van der Waals surface area contributed by atoms with Gasteiger partial charge in [0.2, 0.25) is 0 Å². The summed E-state index contributed by atoms with van der Waals surface area (Å²) in [5.74, 6) is -0.240. The lowest BCUT2D eigenvalue weighted by atomic mass is 9.92. The van der Waals surface area contributed by atoms with Crippen LogP contribution in [0.25, 0.3) is 0 Å². The number of hydrogen-bond donors (Lipinski definition) is 1. The van der Waals surface area contributed by atoms with Gasteiger partial charge in [-0.3, -0.25) is 9.59 Å². The second kappa shape index (κ2) is 7.36. The minimum Gasteiger partial charge on any atom is -0.469 e. The zero-order valence-corrected chi connectivity index (χ0v) is 12.2. The van der Waals surface area contributed by atoms with E-state index >= 15 is 0 Å². The highest BCUT2D eigenvalue weighted by atomic mass is 16.5. The van der Waals surface area contributed by atoms with E-state index in [-0.39, 0.29) is 18.0 Å². The largest absolute Gasteiger partial charge is 0.469 e. The standard InChI is InChI=1S/C13H25NO4/c1-9(2)7-10(11(15)17-5)14-8-13(3,4)12(16)18-6/h9-10,14H,7-8H2,1-6H3. The summed E-state index contributed by atoms with van der Waals surface area (Å²) in [4.78, 5) is 23.1. The first kappa shape index (κ1) is 16.9. The van der Waals surface area contributed by atoms with Crippen molar-refractivity contribution in [3.8, 4) is 0 Å². The van der Waals surface area contributed by atoms with Crippen LogP contribution >= 0.6 is 0 Å². The van der Waals surface area contributed by atoms with Crippen LogP contribution < -0.4 is 5.32 Å². The molecule has 106 valence electrons. The number of nitrogens with one attached hydrogen (secondary N) is 1. The Hall–Kier alpha value is -1.10. The molecular weight excluding hydrogens is 234 g/mol. The average molecular weight is 259 g/mol. The number of carbonyl (C=O) groups excluding carboxylic acids is 2. The summed E-state index contributed by atoms with van der Waals surface area (Å²) in [7, 11) is 2.72. The third-order valence-corrected chi connectivity index (χ3v) is 2.72. The molecular formula is C13H25NO4. The van der Waals surface area contributed by atoms with Gasteiger partial charge in [0.05, 0.1) is 19.6 Å². The summed E-state index contributed by atoms with van der Waals surface area (Å²) in [5, 5.41) is 3.08. The fourth-order valence-electron chi connectivity index (χ4n) is 1.60. The first-order valence-electron chi connectivity index (χ1n) is 6.14. The number of methoxy groups -OCH3 is 2. The van der Waals surface area contributed by atoms with Gasteiger partial charge in [-0.15, -0.1) is 0 Å². The van der Waals surface area contributed by atoms with Crippen LogP contribution in [-0.4, -0.2) is 38.7 Å². The van der Waals surface area contributed by atoms with E-state index in [9.17, 15) is 9.59 Å². The predicted octanol–water partition coefficient (Wildman–Crippen LogP) is 1.36. The molecule has 0 aromatic heterocycles. The van der Waals surface area contributed by atoms with E-state index in [0.717, 1.165) is 0 Å². The van der Waals surface area contributed by atoms with E-state index in [4.69, 9.17) is 9.47 Å². The maximum Gasteiger partial charge on any atom is 0.322 e. The van der Waals surface area contributed by atoms with Crippen molar-refractivity contribution in [2.75, 3.05) is 20.8 Å². The van der Waals surface area contributed by atoms with E-state index in [1.807, 2.05) is 13.8 Å². The monoisotopic (exact) mass is 259 g/mol. The van der Waals surface area contributed by atoms with Crippen molar-refractivity contribution in [1.82, 2.24) is 5.32 Å². The Kier molecular flexibility index (Phi) is 6.91. The molecule has 0 aromatic carbocycles. The van der Waals surface area contributed by atoms with E-state index in [0.29, 0.717) is 18.9 Å². The molecule has 0 amide bonds. The number of ether oxygens (including phenoxy) is 2. The highest BCUT2D eigenvalue weighted by molar-refractivity contribution is 5.77. The summed E-state index contributed by atoms with van der Waals surface area (Å²) in [6.07, 6.45) is 0.671. The Morgan fingerprint density at radius 2 is 1.72 bits per heavy atom. The maximum absolute atomic E-state index is 11.6. The van der Waals surface area contributed by atoms with Crippen molar-refractivity contribution in [3.05, 3.63) is 0 Å². The van der Waals surface area contributed by atoms with Gasteiger partial charge in [0.15, 0.2) is 0 Å². The fraction of sp³-hybridized carbons (Fsp3) is 0.846. The molecule has 0 bridgehead atoms. The van der Waals surface area contributed by atoms with Crippen molar-refractivity contribution >= 4 is 11.9 Å². The normalized spacial score (nSPS) is 13.3. The summed E-state index contributed by atoms with van der Waals surface area (Å²) < 4.78 is 9.47. The van der Waals surface area contributed by atoms with Crippen LogP contribution in [0, 0.1) is 11.3 Å². The average Bonchev–Trinajstić information content (AvgIpc) is 2.31. The SMILES string of the molecule is COC(=O)C(CC(C)C)NCC(C)(C)C(=O)OC. The Bertz CT molecular complexity index is 287. The van der Waals surface area contributed by atoms with Gasteiger partial charge >= 0.3 is 11.9 Å². The minimum atomic E-state index is -0.669. The molecule has 0 aliphatic carbocycles. The van der Waals surface area contributed by atoms with Crippen molar-refractivity contribution in [2.45, 2.75) is 40.2 Å². The Morgan fingerprint density at radius 1 is 1.17 bits per heavy atom. The maximum atomic E-state index is 11.6. The molecule has 1 unspecified atom stereocenters. The Balaban J connectivity index is 4.51. The minimum absolute atomic E-state index is 0.302. The van der Waals surface area contributed by atoms with Gasteiger partial charge in [-0.05, 0) is 26.2 Å². The van der Waals surface area contributed by atoms with E-state index in [2.05, 4.69) is 5.32 Å². The van der Waals surface area contributed by atoms with Crippen LogP contribution in [0.1, 0.15) is 34.1 Å². The van der Waals surface area contributed by atoms with Gasteiger partial charge in [0.25, 0.3) is 0 Å². The highest BCUT2D eigenvalue weighted by Gasteiger charge is 2.31. The molecule has 1 N–H and O–H groups in total. The van der Waals surface area contributed by atoms with Gasteiger partial charge in [0, 0.05) is 6.54 Å². The number of hydrogen-bond acceptors (Lipinski definition) is 5. The number of esters is 2. The van der Waals surface area contributed by atoms with Gasteiger partial charge in [-0.1, -0.05) is 13.8 Å². The summed E-state index contributed by atoms with van der Waals surface area (Å²) in [6, 6.07) is -0.390. The van der Waals surface area contributed by atoms with Crippen LogP contribution in [0.4, 0.5) is 0 Å². The zero-order valence-electron chi connectivity index (χ0n) is 12.2. The molecule has 0 aromatic rings. The predicted molar refractivity (Wildman–Crippen MR) is 69.1 cm³/mol. The number of carbonyl (C=O) groups is 2. The van der Waals surface area contributed by atoms with E-state index in [1.165, 1.54) is 14.2 Å². The molecule has 0 radical (unpaired) electrons. The van der Waals surface area contributed by atoms with Gasteiger partial charge in [-0.25, -0.2) is 0 Å². The van der Waals surface area contributed by atoms with Crippen molar-refractivity contribution in [1.29, 1.82) is 0 Å². The summed E-state index contributed by atoms with van der Waals surface area (Å²) in [5.41, 5.74) is -0.669. The molecule has 0 aliphatic rings. The summed E-state index contributed by atoms with van der Waals surface area (Å²) >= 11 is 0. The molecule has 0 spiro atoms. The third-order valence-electron chi connectivity index (χ3n) is 2.72. The molecule has 0 aliphatic heterocycles. The molecule has 0 heterocycles. The number of rotatable bonds is 7. The molecule has 0 fully saturated rings. The zero-order chi connectivity index (χ0) is 14.3.